The number of likely N-dealkylation sites (tertiary alicyclic amines) is 1. The lowest BCUT2D eigenvalue weighted by atomic mass is 9.90. The molecule has 2 aliphatic rings. The van der Waals surface area contributed by atoms with Crippen LogP contribution in [0.3, 0.4) is 0 Å². The van der Waals surface area contributed by atoms with Gasteiger partial charge in [-0.25, -0.2) is 0 Å². The first-order chi connectivity index (χ1) is 7.24. The summed E-state index contributed by atoms with van der Waals surface area (Å²) in [6.07, 6.45) is 4.25. The van der Waals surface area contributed by atoms with Gasteiger partial charge in [0.05, 0.1) is 0 Å². The van der Waals surface area contributed by atoms with Crippen LogP contribution in [0.25, 0.3) is 0 Å². The molecule has 0 radical (unpaired) electrons. The first kappa shape index (κ1) is 11.4. The van der Waals surface area contributed by atoms with E-state index in [1.807, 2.05) is 0 Å². The van der Waals surface area contributed by atoms with Gasteiger partial charge in [0, 0.05) is 19.6 Å². The number of rotatable bonds is 2. The third-order valence-corrected chi connectivity index (χ3v) is 3.86. The molecule has 0 aromatic carbocycles. The summed E-state index contributed by atoms with van der Waals surface area (Å²) >= 11 is 0. The molecular weight excluding hydrogens is 184 g/mol. The van der Waals surface area contributed by atoms with Gasteiger partial charge >= 0.3 is 0 Å². The standard InChI is InChI=1S/C13H26N2/c1-11-6-12(2)9-15(8-11)10-13-4-3-5-14-7-13/h11-14H,3-10H2,1-2H3. The molecule has 0 saturated carbocycles. The maximum absolute atomic E-state index is 3.52. The van der Waals surface area contributed by atoms with E-state index in [9.17, 15) is 0 Å². The van der Waals surface area contributed by atoms with Gasteiger partial charge in [-0.05, 0) is 50.1 Å². The minimum atomic E-state index is 0.908. The molecule has 0 aromatic heterocycles. The van der Waals surface area contributed by atoms with E-state index in [0.717, 1.165) is 17.8 Å². The van der Waals surface area contributed by atoms with E-state index < -0.39 is 0 Å². The highest BCUT2D eigenvalue weighted by atomic mass is 15.1. The van der Waals surface area contributed by atoms with Gasteiger partial charge in [-0.15, -0.1) is 0 Å². The minimum Gasteiger partial charge on any atom is -0.316 e. The molecule has 2 rings (SSSR count). The quantitative estimate of drug-likeness (QED) is 0.749. The van der Waals surface area contributed by atoms with Crippen LogP contribution < -0.4 is 5.32 Å². The number of piperidine rings is 2. The second-order valence-electron chi connectivity index (χ2n) is 5.88. The highest BCUT2D eigenvalue weighted by Gasteiger charge is 2.24. The molecule has 0 bridgehead atoms. The van der Waals surface area contributed by atoms with Gasteiger partial charge in [0.15, 0.2) is 0 Å². The molecule has 0 aliphatic carbocycles. The molecule has 2 aliphatic heterocycles. The van der Waals surface area contributed by atoms with Crippen LogP contribution in [0.2, 0.25) is 0 Å². The summed E-state index contributed by atoms with van der Waals surface area (Å²) in [6.45, 7) is 11.3. The predicted octanol–water partition coefficient (Wildman–Crippen LogP) is 1.96. The second kappa shape index (κ2) is 5.31. The number of hydrogen-bond donors (Lipinski definition) is 1. The van der Waals surface area contributed by atoms with Crippen LogP contribution in [0, 0.1) is 17.8 Å². The molecule has 3 atom stereocenters. The van der Waals surface area contributed by atoms with Crippen molar-refractivity contribution in [2.24, 2.45) is 17.8 Å². The number of hydrogen-bond acceptors (Lipinski definition) is 2. The molecule has 15 heavy (non-hydrogen) atoms. The first-order valence-corrected chi connectivity index (χ1v) is 6.67. The Hall–Kier alpha value is -0.0800. The molecule has 0 amide bonds. The van der Waals surface area contributed by atoms with Crippen LogP contribution in [0.1, 0.15) is 33.1 Å². The summed E-state index contributed by atoms with van der Waals surface area (Å²) in [6, 6.07) is 0. The van der Waals surface area contributed by atoms with Gasteiger partial charge in [0.2, 0.25) is 0 Å². The number of nitrogens with zero attached hydrogens (tertiary/aromatic N) is 1. The van der Waals surface area contributed by atoms with Crippen molar-refractivity contribution in [3.05, 3.63) is 0 Å². The molecule has 88 valence electrons. The molecule has 2 fully saturated rings. The Bertz CT molecular complexity index is 177. The zero-order valence-corrected chi connectivity index (χ0v) is 10.3. The highest BCUT2D eigenvalue weighted by molar-refractivity contribution is 4.79. The molecule has 2 nitrogen and oxygen atoms in total. The van der Waals surface area contributed by atoms with Gasteiger partial charge in [0.1, 0.15) is 0 Å². The van der Waals surface area contributed by atoms with Crippen molar-refractivity contribution in [2.75, 3.05) is 32.7 Å². The van der Waals surface area contributed by atoms with Gasteiger partial charge in [-0.3, -0.25) is 0 Å². The molecule has 1 N–H and O–H groups in total. The zero-order valence-electron chi connectivity index (χ0n) is 10.3. The Balaban J connectivity index is 1.77. The molecule has 3 unspecified atom stereocenters. The van der Waals surface area contributed by atoms with Crippen LogP contribution in [-0.2, 0) is 0 Å². The van der Waals surface area contributed by atoms with Crippen molar-refractivity contribution in [3.8, 4) is 0 Å². The van der Waals surface area contributed by atoms with E-state index in [1.165, 1.54) is 52.0 Å². The summed E-state index contributed by atoms with van der Waals surface area (Å²) in [7, 11) is 0. The van der Waals surface area contributed by atoms with Gasteiger partial charge in [-0.1, -0.05) is 13.8 Å². The lowest BCUT2D eigenvalue weighted by molar-refractivity contribution is 0.115. The summed E-state index contributed by atoms with van der Waals surface area (Å²) in [5.74, 6) is 2.73. The molecule has 2 saturated heterocycles. The third kappa shape index (κ3) is 3.46. The second-order valence-corrected chi connectivity index (χ2v) is 5.88. The maximum atomic E-state index is 3.52. The Morgan fingerprint density at radius 1 is 1.20 bits per heavy atom. The average molecular weight is 210 g/mol. The summed E-state index contributed by atoms with van der Waals surface area (Å²) < 4.78 is 0. The number of nitrogens with one attached hydrogen (secondary N) is 1. The topological polar surface area (TPSA) is 15.3 Å². The molecular formula is C13H26N2. The minimum absolute atomic E-state index is 0.908. The van der Waals surface area contributed by atoms with Crippen molar-refractivity contribution in [1.29, 1.82) is 0 Å². The molecule has 0 spiro atoms. The van der Waals surface area contributed by atoms with Crippen LogP contribution in [0.15, 0.2) is 0 Å². The smallest absolute Gasteiger partial charge is 0.00220 e. The van der Waals surface area contributed by atoms with Crippen molar-refractivity contribution in [2.45, 2.75) is 33.1 Å². The van der Waals surface area contributed by atoms with Crippen molar-refractivity contribution < 1.29 is 0 Å². The van der Waals surface area contributed by atoms with Gasteiger partial charge < -0.3 is 10.2 Å². The lowest BCUT2D eigenvalue weighted by Crippen LogP contribution is -2.44. The summed E-state index contributed by atoms with van der Waals surface area (Å²) in [4.78, 5) is 2.70. The van der Waals surface area contributed by atoms with E-state index in [4.69, 9.17) is 0 Å². The molecule has 2 heteroatoms. The Labute approximate surface area is 94.4 Å². The van der Waals surface area contributed by atoms with Crippen molar-refractivity contribution >= 4 is 0 Å². The zero-order chi connectivity index (χ0) is 10.7. The van der Waals surface area contributed by atoms with E-state index in [1.54, 1.807) is 0 Å². The summed E-state index contributed by atoms with van der Waals surface area (Å²) in [5.41, 5.74) is 0. The van der Waals surface area contributed by atoms with Crippen LogP contribution in [-0.4, -0.2) is 37.6 Å². The fraction of sp³-hybridized carbons (Fsp3) is 1.00. The molecule has 0 aromatic rings. The molecule has 2 heterocycles. The van der Waals surface area contributed by atoms with Gasteiger partial charge in [-0.2, -0.15) is 0 Å². The van der Waals surface area contributed by atoms with Gasteiger partial charge in [0.25, 0.3) is 0 Å². The van der Waals surface area contributed by atoms with E-state index in [0.29, 0.717) is 0 Å². The van der Waals surface area contributed by atoms with E-state index in [2.05, 4.69) is 24.1 Å². The largest absolute Gasteiger partial charge is 0.316 e. The van der Waals surface area contributed by atoms with Crippen molar-refractivity contribution in [1.82, 2.24) is 10.2 Å². The Morgan fingerprint density at radius 2 is 1.93 bits per heavy atom. The highest BCUT2D eigenvalue weighted by Crippen LogP contribution is 2.22. The first-order valence-electron chi connectivity index (χ1n) is 6.67. The lowest BCUT2D eigenvalue weighted by Gasteiger charge is -2.37. The normalized spacial score (nSPS) is 39.2. The van der Waals surface area contributed by atoms with E-state index in [-0.39, 0.29) is 0 Å². The average Bonchev–Trinajstić information content (AvgIpc) is 2.17. The van der Waals surface area contributed by atoms with Crippen LogP contribution in [0.5, 0.6) is 0 Å². The fourth-order valence-electron chi connectivity index (χ4n) is 3.39. The predicted molar refractivity (Wildman–Crippen MR) is 65.0 cm³/mol. The van der Waals surface area contributed by atoms with Crippen LogP contribution >= 0.6 is 0 Å². The Kier molecular flexibility index (Phi) is 4.04. The monoisotopic (exact) mass is 210 g/mol. The fourth-order valence-corrected chi connectivity index (χ4v) is 3.39. The third-order valence-electron chi connectivity index (χ3n) is 3.86. The van der Waals surface area contributed by atoms with Crippen LogP contribution in [0.4, 0.5) is 0 Å². The maximum Gasteiger partial charge on any atom is 0.00220 e. The van der Waals surface area contributed by atoms with Crippen molar-refractivity contribution in [3.63, 3.8) is 0 Å². The summed E-state index contributed by atoms with van der Waals surface area (Å²) in [5, 5.41) is 3.52. The SMILES string of the molecule is CC1CC(C)CN(CC2CCCNC2)C1. The Morgan fingerprint density at radius 3 is 2.53 bits per heavy atom. The van der Waals surface area contributed by atoms with E-state index >= 15 is 0 Å².